The molecule has 5 aromatic rings. The van der Waals surface area contributed by atoms with Crippen LogP contribution in [0.4, 0.5) is 5.69 Å². The molecule has 3 N–H and O–H groups in total. The first kappa shape index (κ1) is 17.8. The first-order chi connectivity index (χ1) is 15.2. The predicted molar refractivity (Wildman–Crippen MR) is 120 cm³/mol. The number of rotatable bonds is 4. The van der Waals surface area contributed by atoms with E-state index in [1.165, 1.54) is 0 Å². The van der Waals surface area contributed by atoms with E-state index in [1.807, 2.05) is 36.7 Å². The highest BCUT2D eigenvalue weighted by Gasteiger charge is 2.25. The molecule has 1 amide bonds. The topological polar surface area (TPSA) is 99.3 Å². The molecule has 0 radical (unpaired) electrons. The Morgan fingerprint density at radius 3 is 2.74 bits per heavy atom. The number of fused-ring (bicyclic) bond motifs is 2. The van der Waals surface area contributed by atoms with Crippen molar-refractivity contribution in [2.75, 3.05) is 5.32 Å². The van der Waals surface area contributed by atoms with Crippen molar-refractivity contribution in [1.82, 2.24) is 25.1 Å². The minimum Gasteiger partial charge on any atom is -0.353 e. The van der Waals surface area contributed by atoms with Crippen molar-refractivity contribution in [3.8, 4) is 22.5 Å². The molecular weight excluding hydrogens is 388 g/mol. The van der Waals surface area contributed by atoms with Gasteiger partial charge in [0, 0.05) is 46.4 Å². The molecule has 7 heteroatoms. The van der Waals surface area contributed by atoms with Gasteiger partial charge in [-0.1, -0.05) is 12.5 Å². The first-order valence-corrected chi connectivity index (χ1v) is 10.4. The average molecular weight is 408 g/mol. The van der Waals surface area contributed by atoms with Crippen molar-refractivity contribution in [3.05, 3.63) is 61.2 Å². The Morgan fingerprint density at radius 1 is 0.968 bits per heavy atom. The molecule has 0 saturated heterocycles. The maximum atomic E-state index is 12.3. The Kier molecular flexibility index (Phi) is 4.06. The standard InChI is InChI=1S/C24H20N6O/c31-24(14-2-1-3-14)27-18-8-16(11-26-13-18)15-4-5-21-19(9-15)23(30-29-21)22-10-17-12-25-7-6-20(17)28-22/h4-14,28H,1-3H2,(H,27,31)(H,29,30). The number of nitrogens with one attached hydrogen (secondary N) is 3. The SMILES string of the molecule is O=C(Nc1cncc(-c2ccc3[nH]nc(-c4cc5cnccc5[nH]4)c3c2)c1)C1CCC1. The van der Waals surface area contributed by atoms with E-state index in [1.54, 1.807) is 12.4 Å². The van der Waals surface area contributed by atoms with Crippen molar-refractivity contribution in [2.45, 2.75) is 19.3 Å². The van der Waals surface area contributed by atoms with Crippen LogP contribution in [-0.2, 0) is 4.79 Å². The van der Waals surface area contributed by atoms with E-state index in [4.69, 9.17) is 0 Å². The lowest BCUT2D eigenvalue weighted by molar-refractivity contribution is -0.122. The monoisotopic (exact) mass is 408 g/mol. The number of carbonyl (C=O) groups is 1. The molecular formula is C24H20N6O. The molecule has 1 aromatic carbocycles. The van der Waals surface area contributed by atoms with E-state index < -0.39 is 0 Å². The summed E-state index contributed by atoms with van der Waals surface area (Å²) >= 11 is 0. The lowest BCUT2D eigenvalue weighted by atomic mass is 9.85. The van der Waals surface area contributed by atoms with Crippen molar-refractivity contribution in [3.63, 3.8) is 0 Å². The molecule has 1 saturated carbocycles. The molecule has 0 spiro atoms. The van der Waals surface area contributed by atoms with E-state index >= 15 is 0 Å². The molecule has 0 aliphatic heterocycles. The number of aromatic nitrogens is 5. The molecule has 1 aliphatic carbocycles. The van der Waals surface area contributed by atoms with Crippen molar-refractivity contribution >= 4 is 33.4 Å². The molecule has 6 rings (SSSR count). The number of hydrogen-bond acceptors (Lipinski definition) is 4. The maximum absolute atomic E-state index is 12.3. The van der Waals surface area contributed by atoms with Crippen LogP contribution in [0.15, 0.2) is 61.2 Å². The van der Waals surface area contributed by atoms with Crippen LogP contribution in [0.5, 0.6) is 0 Å². The number of H-pyrrole nitrogens is 2. The summed E-state index contributed by atoms with van der Waals surface area (Å²) in [6.07, 6.45) is 10.2. The second-order valence-electron chi connectivity index (χ2n) is 8.06. The number of pyridine rings is 2. The van der Waals surface area contributed by atoms with Crippen LogP contribution < -0.4 is 5.32 Å². The summed E-state index contributed by atoms with van der Waals surface area (Å²) in [6, 6.07) is 12.1. The van der Waals surface area contributed by atoms with E-state index in [0.29, 0.717) is 0 Å². The molecule has 0 atom stereocenters. The van der Waals surface area contributed by atoms with Gasteiger partial charge in [0.05, 0.1) is 23.1 Å². The fourth-order valence-electron chi connectivity index (χ4n) is 4.08. The molecule has 4 heterocycles. The second kappa shape index (κ2) is 7.05. The molecule has 7 nitrogen and oxygen atoms in total. The van der Waals surface area contributed by atoms with Gasteiger partial charge >= 0.3 is 0 Å². The Labute approximate surface area is 177 Å². The van der Waals surface area contributed by atoms with Crippen LogP contribution in [0, 0.1) is 5.92 Å². The summed E-state index contributed by atoms with van der Waals surface area (Å²) in [6.45, 7) is 0. The van der Waals surface area contributed by atoms with Gasteiger partial charge in [-0.05, 0) is 48.7 Å². The third-order valence-electron chi connectivity index (χ3n) is 6.05. The Morgan fingerprint density at radius 2 is 1.90 bits per heavy atom. The normalized spacial score (nSPS) is 14.1. The lowest BCUT2D eigenvalue weighted by Gasteiger charge is -2.24. The number of amides is 1. The van der Waals surface area contributed by atoms with Gasteiger partial charge in [0.25, 0.3) is 0 Å². The van der Waals surface area contributed by atoms with Gasteiger partial charge < -0.3 is 10.3 Å². The van der Waals surface area contributed by atoms with Crippen LogP contribution in [0.3, 0.4) is 0 Å². The van der Waals surface area contributed by atoms with Crippen molar-refractivity contribution in [2.24, 2.45) is 5.92 Å². The summed E-state index contributed by atoms with van der Waals surface area (Å²) in [4.78, 5) is 24.2. The molecule has 31 heavy (non-hydrogen) atoms. The third kappa shape index (κ3) is 3.15. The number of nitrogens with zero attached hydrogens (tertiary/aromatic N) is 3. The van der Waals surface area contributed by atoms with Gasteiger partial charge in [0.1, 0.15) is 5.69 Å². The highest BCUT2D eigenvalue weighted by molar-refractivity contribution is 5.98. The average Bonchev–Trinajstić information content (AvgIpc) is 3.36. The van der Waals surface area contributed by atoms with Gasteiger partial charge in [0.2, 0.25) is 5.91 Å². The zero-order valence-electron chi connectivity index (χ0n) is 16.7. The van der Waals surface area contributed by atoms with E-state index in [-0.39, 0.29) is 11.8 Å². The van der Waals surface area contributed by atoms with Crippen molar-refractivity contribution in [1.29, 1.82) is 0 Å². The fourth-order valence-corrected chi connectivity index (χ4v) is 4.08. The summed E-state index contributed by atoms with van der Waals surface area (Å²) in [5.41, 5.74) is 6.46. The van der Waals surface area contributed by atoms with Crippen LogP contribution in [0.1, 0.15) is 19.3 Å². The molecule has 0 unspecified atom stereocenters. The van der Waals surface area contributed by atoms with E-state index in [0.717, 1.165) is 69.3 Å². The number of aromatic amines is 2. The Hall–Kier alpha value is -4.00. The lowest BCUT2D eigenvalue weighted by Crippen LogP contribution is -2.28. The smallest absolute Gasteiger partial charge is 0.227 e. The number of hydrogen-bond donors (Lipinski definition) is 3. The zero-order valence-corrected chi connectivity index (χ0v) is 16.7. The van der Waals surface area contributed by atoms with Crippen LogP contribution in [0.2, 0.25) is 0 Å². The van der Waals surface area contributed by atoms with Crippen molar-refractivity contribution < 1.29 is 4.79 Å². The summed E-state index contributed by atoms with van der Waals surface area (Å²) in [5, 5.41) is 12.7. The van der Waals surface area contributed by atoms with E-state index in [2.05, 4.69) is 42.6 Å². The largest absolute Gasteiger partial charge is 0.353 e. The minimum absolute atomic E-state index is 0.0890. The molecule has 4 aromatic heterocycles. The minimum atomic E-state index is 0.0890. The Balaban J connectivity index is 1.37. The third-order valence-corrected chi connectivity index (χ3v) is 6.05. The first-order valence-electron chi connectivity index (χ1n) is 10.4. The Bertz CT molecular complexity index is 1400. The summed E-state index contributed by atoms with van der Waals surface area (Å²) in [5.74, 6) is 0.228. The molecule has 1 fully saturated rings. The van der Waals surface area contributed by atoms with Gasteiger partial charge in [0.15, 0.2) is 0 Å². The zero-order chi connectivity index (χ0) is 20.8. The number of benzene rings is 1. The molecule has 0 bridgehead atoms. The summed E-state index contributed by atoms with van der Waals surface area (Å²) in [7, 11) is 0. The van der Waals surface area contributed by atoms with Crippen LogP contribution >= 0.6 is 0 Å². The highest BCUT2D eigenvalue weighted by Crippen LogP contribution is 2.32. The highest BCUT2D eigenvalue weighted by atomic mass is 16.1. The second-order valence-corrected chi connectivity index (χ2v) is 8.06. The summed E-state index contributed by atoms with van der Waals surface area (Å²) < 4.78 is 0. The van der Waals surface area contributed by atoms with Gasteiger partial charge in [-0.15, -0.1) is 0 Å². The maximum Gasteiger partial charge on any atom is 0.227 e. The van der Waals surface area contributed by atoms with E-state index in [9.17, 15) is 4.79 Å². The van der Waals surface area contributed by atoms with Crippen LogP contribution in [0.25, 0.3) is 44.3 Å². The van der Waals surface area contributed by atoms with Gasteiger partial charge in [-0.2, -0.15) is 5.10 Å². The number of carbonyl (C=O) groups excluding carboxylic acids is 1. The fraction of sp³-hybridized carbons (Fsp3) is 0.167. The van der Waals surface area contributed by atoms with Gasteiger partial charge in [-0.3, -0.25) is 19.9 Å². The quantitative estimate of drug-likeness (QED) is 0.393. The molecule has 152 valence electrons. The molecule has 1 aliphatic rings. The van der Waals surface area contributed by atoms with Crippen LogP contribution in [-0.4, -0.2) is 31.1 Å². The predicted octanol–water partition coefficient (Wildman–Crippen LogP) is 4.91. The number of anilines is 1. The van der Waals surface area contributed by atoms with Gasteiger partial charge in [-0.25, -0.2) is 0 Å².